The van der Waals surface area contributed by atoms with Gasteiger partial charge in [-0.3, -0.25) is 4.79 Å². The van der Waals surface area contributed by atoms with Gasteiger partial charge in [0, 0.05) is 0 Å². The highest BCUT2D eigenvalue weighted by molar-refractivity contribution is 5.83. The molecule has 0 saturated carbocycles. The number of carbonyl (C=O) groups excluding carboxylic acids is 1. The van der Waals surface area contributed by atoms with Crippen LogP contribution < -0.4 is 16.2 Å². The molecule has 1 aromatic carbocycles. The van der Waals surface area contributed by atoms with Crippen LogP contribution in [-0.2, 0) is 11.4 Å². The lowest BCUT2D eigenvalue weighted by molar-refractivity contribution is -0.122. The molecule has 0 heterocycles. The lowest BCUT2D eigenvalue weighted by Gasteiger charge is -2.19. The Hall–Kier alpha value is -1.59. The van der Waals surface area contributed by atoms with Crippen molar-refractivity contribution in [2.45, 2.75) is 38.3 Å². The number of aliphatic hydroxyl groups excluding tert-OH is 1. The Bertz CT molecular complexity index is 419. The van der Waals surface area contributed by atoms with Crippen molar-refractivity contribution >= 4 is 5.91 Å². The fourth-order valence-corrected chi connectivity index (χ4v) is 1.64. The average Bonchev–Trinajstić information content (AvgIpc) is 2.38. The molecule has 0 bridgehead atoms. The smallest absolute Gasteiger partial charge is 0.237 e. The van der Waals surface area contributed by atoms with Crippen LogP contribution in [0, 0.1) is 0 Å². The van der Waals surface area contributed by atoms with Crippen LogP contribution in [0.1, 0.15) is 31.7 Å². The number of aliphatic hydroxyl groups is 1. The second-order valence-corrected chi connectivity index (χ2v) is 4.89. The predicted octanol–water partition coefficient (Wildman–Crippen LogP) is 0.931. The summed E-state index contributed by atoms with van der Waals surface area (Å²) in [5, 5.41) is 9.00. The molecule has 0 spiro atoms. The molecular weight excluding hydrogens is 244 g/mol. The van der Waals surface area contributed by atoms with Crippen molar-refractivity contribution in [1.82, 2.24) is 0 Å². The lowest BCUT2D eigenvalue weighted by atomic mass is 9.96. The van der Waals surface area contributed by atoms with Gasteiger partial charge in [0.15, 0.2) is 0 Å². The normalized spacial score (nSPS) is 13.8. The maximum atomic E-state index is 11.0. The number of nitrogens with two attached hydrogens (primary N) is 2. The lowest BCUT2D eigenvalue weighted by Crippen LogP contribution is -2.49. The number of primary amides is 1. The Morgan fingerprint density at radius 1 is 1.42 bits per heavy atom. The first kappa shape index (κ1) is 15.5. The number of unbranched alkanes of at least 4 members (excludes halogenated alkanes) is 1. The van der Waals surface area contributed by atoms with Crippen LogP contribution in [0.4, 0.5) is 0 Å². The molecule has 1 atom stereocenters. The van der Waals surface area contributed by atoms with Gasteiger partial charge in [0.1, 0.15) is 5.75 Å². The second-order valence-electron chi connectivity index (χ2n) is 4.89. The van der Waals surface area contributed by atoms with Crippen molar-refractivity contribution in [3.05, 3.63) is 29.8 Å². The molecule has 0 saturated heterocycles. The second kappa shape index (κ2) is 7.11. The first-order chi connectivity index (χ1) is 8.95. The van der Waals surface area contributed by atoms with Gasteiger partial charge in [0.2, 0.25) is 5.91 Å². The van der Waals surface area contributed by atoms with Gasteiger partial charge >= 0.3 is 0 Å². The van der Waals surface area contributed by atoms with E-state index in [-0.39, 0.29) is 6.61 Å². The van der Waals surface area contributed by atoms with Gasteiger partial charge in [-0.05, 0) is 43.9 Å². The number of benzene rings is 1. The summed E-state index contributed by atoms with van der Waals surface area (Å²) in [4.78, 5) is 11.0. The topological polar surface area (TPSA) is 98.6 Å². The average molecular weight is 266 g/mol. The Morgan fingerprint density at radius 2 is 2.16 bits per heavy atom. The highest BCUT2D eigenvalue weighted by atomic mass is 16.5. The zero-order valence-corrected chi connectivity index (χ0v) is 11.3. The van der Waals surface area contributed by atoms with Crippen LogP contribution in [0.5, 0.6) is 5.75 Å². The van der Waals surface area contributed by atoms with Gasteiger partial charge in [-0.15, -0.1) is 0 Å². The zero-order valence-electron chi connectivity index (χ0n) is 11.3. The molecule has 0 aromatic heterocycles. The Labute approximate surface area is 113 Å². The number of carbonyl (C=O) groups is 1. The largest absolute Gasteiger partial charge is 0.494 e. The standard InChI is InChI=1S/C14H22N2O3/c1-14(16,13(15)18)7-2-3-8-19-12-6-4-5-11(9-12)10-17/h4-6,9,17H,2-3,7-8,10,16H2,1H3,(H2,15,18). The van der Waals surface area contributed by atoms with Crippen molar-refractivity contribution in [3.8, 4) is 5.75 Å². The van der Waals surface area contributed by atoms with Crippen molar-refractivity contribution in [2.24, 2.45) is 11.5 Å². The van der Waals surface area contributed by atoms with Crippen LogP contribution in [0.2, 0.25) is 0 Å². The van der Waals surface area contributed by atoms with Crippen molar-refractivity contribution in [1.29, 1.82) is 0 Å². The summed E-state index contributed by atoms with van der Waals surface area (Å²) in [5.41, 5.74) is 10.8. The van der Waals surface area contributed by atoms with Crippen molar-refractivity contribution in [3.63, 3.8) is 0 Å². The van der Waals surface area contributed by atoms with Crippen molar-refractivity contribution < 1.29 is 14.6 Å². The van der Waals surface area contributed by atoms with E-state index >= 15 is 0 Å². The third-order valence-corrected chi connectivity index (χ3v) is 3.00. The van der Waals surface area contributed by atoms with Crippen LogP contribution in [-0.4, -0.2) is 23.2 Å². The molecule has 1 amide bonds. The maximum Gasteiger partial charge on any atom is 0.237 e. The molecule has 0 aliphatic carbocycles. The van der Waals surface area contributed by atoms with Gasteiger partial charge in [-0.1, -0.05) is 12.1 Å². The highest BCUT2D eigenvalue weighted by Crippen LogP contribution is 2.15. The van der Waals surface area contributed by atoms with Crippen LogP contribution in [0.15, 0.2) is 24.3 Å². The van der Waals surface area contributed by atoms with E-state index in [2.05, 4.69) is 0 Å². The number of rotatable bonds is 8. The van der Waals surface area contributed by atoms with Gasteiger partial charge < -0.3 is 21.3 Å². The molecule has 0 aliphatic rings. The van der Waals surface area contributed by atoms with Gasteiger partial charge in [-0.2, -0.15) is 0 Å². The summed E-state index contributed by atoms with van der Waals surface area (Å²) < 4.78 is 5.56. The highest BCUT2D eigenvalue weighted by Gasteiger charge is 2.24. The zero-order chi connectivity index (χ0) is 14.3. The molecule has 5 N–H and O–H groups in total. The first-order valence-corrected chi connectivity index (χ1v) is 6.37. The summed E-state index contributed by atoms with van der Waals surface area (Å²) in [7, 11) is 0. The van der Waals surface area contributed by atoms with Gasteiger partial charge in [0.05, 0.1) is 18.8 Å². The van der Waals surface area contributed by atoms with E-state index in [0.29, 0.717) is 13.0 Å². The summed E-state index contributed by atoms with van der Waals surface area (Å²) in [6, 6.07) is 7.32. The molecule has 1 aromatic rings. The molecule has 19 heavy (non-hydrogen) atoms. The van der Waals surface area contributed by atoms with E-state index in [1.807, 2.05) is 18.2 Å². The monoisotopic (exact) mass is 266 g/mol. The van der Waals surface area contributed by atoms with E-state index in [4.69, 9.17) is 21.3 Å². The quantitative estimate of drug-likeness (QED) is 0.609. The Balaban J connectivity index is 2.26. The minimum Gasteiger partial charge on any atom is -0.494 e. The number of hydrogen-bond donors (Lipinski definition) is 3. The molecule has 5 nitrogen and oxygen atoms in total. The number of ether oxygens (including phenoxy) is 1. The Kier molecular flexibility index (Phi) is 5.79. The maximum absolute atomic E-state index is 11.0. The van der Waals surface area contributed by atoms with Crippen LogP contribution >= 0.6 is 0 Å². The molecule has 0 radical (unpaired) electrons. The molecule has 1 rings (SSSR count). The molecule has 1 unspecified atom stereocenters. The summed E-state index contributed by atoms with van der Waals surface area (Å²) in [6.45, 7) is 2.19. The molecule has 0 aliphatic heterocycles. The molecule has 5 heteroatoms. The van der Waals surface area contributed by atoms with E-state index < -0.39 is 11.4 Å². The van der Waals surface area contributed by atoms with Crippen LogP contribution in [0.3, 0.4) is 0 Å². The van der Waals surface area contributed by atoms with Gasteiger partial charge in [-0.25, -0.2) is 0 Å². The van der Waals surface area contributed by atoms with Crippen LogP contribution in [0.25, 0.3) is 0 Å². The first-order valence-electron chi connectivity index (χ1n) is 6.37. The third kappa shape index (κ3) is 5.28. The molecule has 0 fully saturated rings. The minimum absolute atomic E-state index is 0.00133. The Morgan fingerprint density at radius 3 is 2.79 bits per heavy atom. The van der Waals surface area contributed by atoms with Crippen molar-refractivity contribution in [2.75, 3.05) is 6.61 Å². The summed E-state index contributed by atoms with van der Waals surface area (Å²) in [6.07, 6.45) is 2.11. The van der Waals surface area contributed by atoms with E-state index in [0.717, 1.165) is 24.2 Å². The number of hydrogen-bond acceptors (Lipinski definition) is 4. The molecular formula is C14H22N2O3. The number of amides is 1. The third-order valence-electron chi connectivity index (χ3n) is 3.00. The van der Waals surface area contributed by atoms with E-state index in [9.17, 15) is 4.79 Å². The summed E-state index contributed by atoms with van der Waals surface area (Å²) in [5.74, 6) is 0.251. The van der Waals surface area contributed by atoms with Gasteiger partial charge in [0.25, 0.3) is 0 Å². The minimum atomic E-state index is -0.948. The summed E-state index contributed by atoms with van der Waals surface area (Å²) >= 11 is 0. The fourth-order valence-electron chi connectivity index (χ4n) is 1.64. The SMILES string of the molecule is CC(N)(CCCCOc1cccc(CO)c1)C(N)=O. The van der Waals surface area contributed by atoms with E-state index in [1.54, 1.807) is 13.0 Å². The fraction of sp³-hybridized carbons (Fsp3) is 0.500. The van der Waals surface area contributed by atoms with E-state index in [1.165, 1.54) is 0 Å². The molecule has 106 valence electrons. The predicted molar refractivity (Wildman–Crippen MR) is 73.5 cm³/mol.